The van der Waals surface area contributed by atoms with Crippen molar-refractivity contribution in [2.75, 3.05) is 0 Å². The van der Waals surface area contributed by atoms with Crippen molar-refractivity contribution in [3.05, 3.63) is 35.9 Å². The first-order chi connectivity index (χ1) is 9.70. The molecule has 1 atom stereocenters. The average Bonchev–Trinajstić information content (AvgIpc) is 3.19. The molecule has 21 heavy (non-hydrogen) atoms. The van der Waals surface area contributed by atoms with Crippen LogP contribution < -0.4 is 5.32 Å². The van der Waals surface area contributed by atoms with E-state index in [0.717, 1.165) is 0 Å². The van der Waals surface area contributed by atoms with Crippen LogP contribution in [0.4, 0.5) is 13.6 Å². The summed E-state index contributed by atoms with van der Waals surface area (Å²) in [5.74, 6) is -3.31. The third-order valence-electron chi connectivity index (χ3n) is 3.31. The standard InChI is InChI=1S/C16H21F2NO2/c1-15(2,3)21-14(20)19-13(11-9-10-11)16(17,18)12-7-5-4-6-8-12/h4-8,11,13H,9-10H2,1-3H3,(H,19,20)/t13-/m1/s1. The van der Waals surface area contributed by atoms with E-state index in [1.165, 1.54) is 12.1 Å². The molecular weight excluding hydrogens is 276 g/mol. The van der Waals surface area contributed by atoms with Crippen molar-refractivity contribution in [2.24, 2.45) is 5.92 Å². The number of nitrogens with one attached hydrogen (secondary N) is 1. The van der Waals surface area contributed by atoms with Crippen LogP contribution >= 0.6 is 0 Å². The minimum absolute atomic E-state index is 0.0852. The van der Waals surface area contributed by atoms with Gasteiger partial charge in [-0.15, -0.1) is 0 Å². The number of alkyl carbamates (subject to hydrolysis) is 1. The molecule has 1 fully saturated rings. The Bertz CT molecular complexity index is 493. The lowest BCUT2D eigenvalue weighted by Gasteiger charge is -2.29. The highest BCUT2D eigenvalue weighted by atomic mass is 19.3. The fraction of sp³-hybridized carbons (Fsp3) is 0.562. The minimum atomic E-state index is -3.11. The minimum Gasteiger partial charge on any atom is -0.444 e. The Hall–Kier alpha value is -1.65. The second kappa shape index (κ2) is 5.62. The van der Waals surface area contributed by atoms with Crippen molar-refractivity contribution in [2.45, 2.75) is 51.2 Å². The maximum Gasteiger partial charge on any atom is 0.408 e. The molecular formula is C16H21F2NO2. The Morgan fingerprint density at radius 2 is 1.81 bits per heavy atom. The van der Waals surface area contributed by atoms with Crippen molar-refractivity contribution >= 4 is 6.09 Å². The quantitative estimate of drug-likeness (QED) is 0.909. The molecule has 0 bridgehead atoms. The number of hydrogen-bond donors (Lipinski definition) is 1. The van der Waals surface area contributed by atoms with Crippen LogP contribution in [0, 0.1) is 5.92 Å². The van der Waals surface area contributed by atoms with E-state index in [9.17, 15) is 13.6 Å². The third-order valence-corrected chi connectivity index (χ3v) is 3.31. The topological polar surface area (TPSA) is 38.3 Å². The second-order valence-corrected chi connectivity index (χ2v) is 6.45. The Kier molecular flexibility index (Phi) is 4.21. The number of carbonyl (C=O) groups is 1. The van der Waals surface area contributed by atoms with Crippen LogP contribution in [0.5, 0.6) is 0 Å². The lowest BCUT2D eigenvalue weighted by Crippen LogP contribution is -2.49. The van der Waals surface area contributed by atoms with Crippen LogP contribution in [0.25, 0.3) is 0 Å². The molecule has 1 N–H and O–H groups in total. The van der Waals surface area contributed by atoms with Crippen LogP contribution in [0.15, 0.2) is 30.3 Å². The Morgan fingerprint density at radius 3 is 2.29 bits per heavy atom. The van der Waals surface area contributed by atoms with Gasteiger partial charge in [-0.1, -0.05) is 30.3 Å². The van der Waals surface area contributed by atoms with E-state index in [1.807, 2.05) is 0 Å². The molecule has 0 spiro atoms. The van der Waals surface area contributed by atoms with E-state index >= 15 is 0 Å². The van der Waals surface area contributed by atoms with Crippen molar-refractivity contribution < 1.29 is 18.3 Å². The van der Waals surface area contributed by atoms with Gasteiger partial charge in [0.25, 0.3) is 5.92 Å². The highest BCUT2D eigenvalue weighted by molar-refractivity contribution is 5.68. The van der Waals surface area contributed by atoms with E-state index in [4.69, 9.17) is 4.74 Å². The van der Waals surface area contributed by atoms with Gasteiger partial charge < -0.3 is 10.1 Å². The molecule has 0 unspecified atom stereocenters. The number of amides is 1. The van der Waals surface area contributed by atoms with Gasteiger partial charge in [0.1, 0.15) is 11.6 Å². The van der Waals surface area contributed by atoms with Gasteiger partial charge in [-0.25, -0.2) is 4.79 Å². The van der Waals surface area contributed by atoms with E-state index in [-0.39, 0.29) is 11.5 Å². The van der Waals surface area contributed by atoms with Gasteiger partial charge in [0.15, 0.2) is 0 Å². The van der Waals surface area contributed by atoms with Crippen molar-refractivity contribution in [1.82, 2.24) is 5.32 Å². The molecule has 0 radical (unpaired) electrons. The zero-order valence-electron chi connectivity index (χ0n) is 12.5. The van der Waals surface area contributed by atoms with Gasteiger partial charge in [0, 0.05) is 5.56 Å². The van der Waals surface area contributed by atoms with E-state index in [2.05, 4.69) is 5.32 Å². The number of halogens is 2. The van der Waals surface area contributed by atoms with Gasteiger partial charge in [-0.05, 0) is 39.5 Å². The average molecular weight is 297 g/mol. The lowest BCUT2D eigenvalue weighted by atomic mass is 9.97. The number of alkyl halides is 2. The SMILES string of the molecule is CC(C)(C)OC(=O)N[C@H](C1CC1)C(F)(F)c1ccccc1. The molecule has 1 amide bonds. The molecule has 1 aliphatic rings. The summed E-state index contributed by atoms with van der Waals surface area (Å²) in [5.41, 5.74) is -0.793. The molecule has 1 aromatic rings. The maximum absolute atomic E-state index is 14.6. The van der Waals surface area contributed by atoms with Crippen LogP contribution in [0.2, 0.25) is 0 Å². The molecule has 5 heteroatoms. The summed E-state index contributed by atoms with van der Waals surface area (Å²) in [6.07, 6.45) is 0.598. The summed E-state index contributed by atoms with van der Waals surface area (Å²) < 4.78 is 34.4. The zero-order chi connectivity index (χ0) is 15.7. The summed E-state index contributed by atoms with van der Waals surface area (Å²) in [6, 6.07) is 6.36. The van der Waals surface area contributed by atoms with Crippen molar-refractivity contribution in [1.29, 1.82) is 0 Å². The summed E-state index contributed by atoms with van der Waals surface area (Å²) in [7, 11) is 0. The van der Waals surface area contributed by atoms with E-state index < -0.39 is 23.7 Å². The first kappa shape index (κ1) is 15.7. The predicted molar refractivity (Wildman–Crippen MR) is 76.2 cm³/mol. The summed E-state index contributed by atoms with van der Waals surface area (Å²) in [5, 5.41) is 2.36. The van der Waals surface area contributed by atoms with Crippen LogP contribution in [0.3, 0.4) is 0 Å². The largest absolute Gasteiger partial charge is 0.444 e. The van der Waals surface area contributed by atoms with Gasteiger partial charge in [0.2, 0.25) is 0 Å². The second-order valence-electron chi connectivity index (χ2n) is 6.45. The van der Waals surface area contributed by atoms with Crippen LogP contribution in [-0.2, 0) is 10.7 Å². The van der Waals surface area contributed by atoms with Gasteiger partial charge in [0.05, 0.1) is 0 Å². The molecule has 0 aromatic heterocycles. The van der Waals surface area contributed by atoms with Crippen LogP contribution in [0.1, 0.15) is 39.2 Å². The fourth-order valence-corrected chi connectivity index (χ4v) is 2.21. The monoisotopic (exact) mass is 297 g/mol. The summed E-state index contributed by atoms with van der Waals surface area (Å²) in [4.78, 5) is 11.8. The predicted octanol–water partition coefficient (Wildman–Crippen LogP) is 4.08. The number of ether oxygens (including phenoxy) is 1. The van der Waals surface area contributed by atoms with Gasteiger partial charge in [-0.3, -0.25) is 0 Å². The number of carbonyl (C=O) groups excluding carboxylic acids is 1. The molecule has 116 valence electrons. The number of hydrogen-bond acceptors (Lipinski definition) is 2. The van der Waals surface area contributed by atoms with Crippen molar-refractivity contribution in [3.8, 4) is 0 Å². The Balaban J connectivity index is 2.14. The normalized spacial score (nSPS) is 17.2. The summed E-state index contributed by atoms with van der Waals surface area (Å²) in [6.45, 7) is 5.11. The molecule has 0 heterocycles. The molecule has 0 saturated heterocycles. The highest BCUT2D eigenvalue weighted by Crippen LogP contribution is 2.44. The summed E-state index contributed by atoms with van der Waals surface area (Å²) >= 11 is 0. The molecule has 2 rings (SSSR count). The molecule has 1 saturated carbocycles. The van der Waals surface area contributed by atoms with Crippen molar-refractivity contribution in [3.63, 3.8) is 0 Å². The van der Waals surface area contributed by atoms with Crippen LogP contribution in [-0.4, -0.2) is 17.7 Å². The highest BCUT2D eigenvalue weighted by Gasteiger charge is 2.50. The first-order valence-corrected chi connectivity index (χ1v) is 7.13. The fourth-order valence-electron chi connectivity index (χ4n) is 2.21. The molecule has 1 aromatic carbocycles. The van der Waals surface area contributed by atoms with Gasteiger partial charge in [-0.2, -0.15) is 8.78 Å². The van der Waals surface area contributed by atoms with E-state index in [1.54, 1.807) is 39.0 Å². The van der Waals surface area contributed by atoms with Gasteiger partial charge >= 0.3 is 6.09 Å². The lowest BCUT2D eigenvalue weighted by molar-refractivity contribution is -0.0535. The number of benzene rings is 1. The third kappa shape index (κ3) is 4.16. The molecule has 0 aliphatic heterocycles. The Morgan fingerprint density at radius 1 is 1.24 bits per heavy atom. The van der Waals surface area contributed by atoms with E-state index in [0.29, 0.717) is 12.8 Å². The Labute approximate surface area is 123 Å². The maximum atomic E-state index is 14.6. The molecule has 1 aliphatic carbocycles. The smallest absolute Gasteiger partial charge is 0.408 e. The first-order valence-electron chi connectivity index (χ1n) is 7.13. The number of rotatable bonds is 4. The molecule has 3 nitrogen and oxygen atoms in total. The zero-order valence-corrected chi connectivity index (χ0v) is 12.5.